The number of nitrogens with one attached hydrogen (secondary N) is 1. The van der Waals surface area contributed by atoms with Crippen molar-refractivity contribution in [1.29, 1.82) is 0 Å². The van der Waals surface area contributed by atoms with Crippen LogP contribution in [0.3, 0.4) is 0 Å². The van der Waals surface area contributed by atoms with Crippen molar-refractivity contribution < 1.29 is 4.39 Å². The molecule has 0 aliphatic heterocycles. The molecule has 19 heavy (non-hydrogen) atoms. The second kappa shape index (κ2) is 5.97. The Balaban J connectivity index is 2.53. The van der Waals surface area contributed by atoms with Gasteiger partial charge in [-0.05, 0) is 44.2 Å². The molecule has 0 radical (unpaired) electrons. The minimum atomic E-state index is -0.216. The van der Waals surface area contributed by atoms with Crippen molar-refractivity contribution in [1.82, 2.24) is 15.1 Å². The maximum absolute atomic E-state index is 13.6. The molecule has 2 aromatic rings. The lowest BCUT2D eigenvalue weighted by atomic mass is 9.99. The van der Waals surface area contributed by atoms with E-state index in [9.17, 15) is 4.39 Å². The molecular weight excluding hydrogens is 241 g/mol. The largest absolute Gasteiger partial charge is 0.313 e. The van der Waals surface area contributed by atoms with Crippen LogP contribution in [0.15, 0.2) is 30.5 Å². The number of nitrogens with zero attached hydrogens (tertiary/aromatic N) is 2. The fourth-order valence-electron chi connectivity index (χ4n) is 2.23. The fourth-order valence-corrected chi connectivity index (χ4v) is 2.23. The van der Waals surface area contributed by atoms with Crippen molar-refractivity contribution in [3.63, 3.8) is 0 Å². The van der Waals surface area contributed by atoms with Crippen LogP contribution in [-0.4, -0.2) is 16.8 Å². The highest BCUT2D eigenvalue weighted by Gasteiger charge is 2.14. The summed E-state index contributed by atoms with van der Waals surface area (Å²) < 4.78 is 15.5. The third-order valence-corrected chi connectivity index (χ3v) is 3.34. The summed E-state index contributed by atoms with van der Waals surface area (Å²) in [5, 5.41) is 7.51. The summed E-state index contributed by atoms with van der Waals surface area (Å²) in [6, 6.07) is 7.05. The van der Waals surface area contributed by atoms with Crippen LogP contribution in [0, 0.1) is 5.82 Å². The molecule has 0 saturated heterocycles. The standard InChI is InChI=1S/C15H20FN3/c1-4-9-19-15(7-8-18-19)14-10-12(16)5-6-13(14)11(2)17-3/h5-8,10-11,17H,4,9H2,1-3H3. The number of hydrogen-bond acceptors (Lipinski definition) is 2. The summed E-state index contributed by atoms with van der Waals surface area (Å²) in [6.45, 7) is 5.01. The van der Waals surface area contributed by atoms with Crippen LogP contribution >= 0.6 is 0 Å². The summed E-state index contributed by atoms with van der Waals surface area (Å²) >= 11 is 0. The van der Waals surface area contributed by atoms with Gasteiger partial charge in [-0.25, -0.2) is 4.39 Å². The van der Waals surface area contributed by atoms with Gasteiger partial charge in [0.05, 0.1) is 5.69 Å². The van der Waals surface area contributed by atoms with Gasteiger partial charge in [-0.3, -0.25) is 4.68 Å². The number of rotatable bonds is 5. The lowest BCUT2D eigenvalue weighted by Gasteiger charge is -2.17. The Hall–Kier alpha value is -1.68. The number of aromatic nitrogens is 2. The second-order valence-electron chi connectivity index (χ2n) is 4.68. The normalized spacial score (nSPS) is 12.6. The third kappa shape index (κ3) is 2.84. The monoisotopic (exact) mass is 261 g/mol. The number of halogens is 1. The van der Waals surface area contributed by atoms with Gasteiger partial charge >= 0.3 is 0 Å². The maximum atomic E-state index is 13.6. The molecule has 0 aliphatic rings. The zero-order valence-electron chi connectivity index (χ0n) is 11.7. The van der Waals surface area contributed by atoms with E-state index >= 15 is 0 Å². The van der Waals surface area contributed by atoms with Gasteiger partial charge in [-0.15, -0.1) is 0 Å². The highest BCUT2D eigenvalue weighted by Crippen LogP contribution is 2.29. The van der Waals surface area contributed by atoms with Crippen LogP contribution < -0.4 is 5.32 Å². The molecule has 0 bridgehead atoms. The average molecular weight is 261 g/mol. The second-order valence-corrected chi connectivity index (χ2v) is 4.68. The van der Waals surface area contributed by atoms with Gasteiger partial charge in [0.2, 0.25) is 0 Å². The van der Waals surface area contributed by atoms with Gasteiger partial charge in [0.15, 0.2) is 0 Å². The average Bonchev–Trinajstić information content (AvgIpc) is 2.86. The molecule has 1 heterocycles. The highest BCUT2D eigenvalue weighted by molar-refractivity contribution is 5.64. The quantitative estimate of drug-likeness (QED) is 0.894. The van der Waals surface area contributed by atoms with Crippen molar-refractivity contribution in [3.8, 4) is 11.3 Å². The van der Waals surface area contributed by atoms with Crippen LogP contribution in [0.5, 0.6) is 0 Å². The molecule has 0 aliphatic carbocycles. The molecule has 4 heteroatoms. The van der Waals surface area contributed by atoms with E-state index in [1.807, 2.05) is 23.9 Å². The molecule has 0 spiro atoms. The smallest absolute Gasteiger partial charge is 0.123 e. The molecule has 0 amide bonds. The van der Waals surface area contributed by atoms with E-state index in [0.29, 0.717) is 0 Å². The Morgan fingerprint density at radius 1 is 1.37 bits per heavy atom. The van der Waals surface area contributed by atoms with E-state index in [4.69, 9.17) is 0 Å². The van der Waals surface area contributed by atoms with Gasteiger partial charge in [0.25, 0.3) is 0 Å². The zero-order valence-corrected chi connectivity index (χ0v) is 11.7. The molecule has 1 atom stereocenters. The topological polar surface area (TPSA) is 29.9 Å². The minimum Gasteiger partial charge on any atom is -0.313 e. The van der Waals surface area contributed by atoms with Crippen LogP contribution in [0.1, 0.15) is 31.9 Å². The molecule has 1 aromatic carbocycles. The van der Waals surface area contributed by atoms with Crippen molar-refractivity contribution in [2.45, 2.75) is 32.9 Å². The van der Waals surface area contributed by atoms with Crippen LogP contribution in [0.2, 0.25) is 0 Å². The van der Waals surface area contributed by atoms with Crippen molar-refractivity contribution in [2.24, 2.45) is 0 Å². The number of hydrogen-bond donors (Lipinski definition) is 1. The maximum Gasteiger partial charge on any atom is 0.123 e. The summed E-state index contributed by atoms with van der Waals surface area (Å²) in [4.78, 5) is 0. The first-order valence-corrected chi connectivity index (χ1v) is 6.66. The van der Waals surface area contributed by atoms with Gasteiger partial charge in [0, 0.05) is 24.3 Å². The van der Waals surface area contributed by atoms with Gasteiger partial charge < -0.3 is 5.32 Å². The van der Waals surface area contributed by atoms with Gasteiger partial charge in [-0.1, -0.05) is 13.0 Å². The molecular formula is C15H20FN3. The Morgan fingerprint density at radius 3 is 2.84 bits per heavy atom. The Morgan fingerprint density at radius 2 is 2.16 bits per heavy atom. The Labute approximate surface area is 113 Å². The Bertz CT molecular complexity index is 548. The first-order valence-electron chi connectivity index (χ1n) is 6.66. The third-order valence-electron chi connectivity index (χ3n) is 3.34. The van der Waals surface area contributed by atoms with Crippen LogP contribution in [0.25, 0.3) is 11.3 Å². The lowest BCUT2D eigenvalue weighted by molar-refractivity contribution is 0.601. The summed E-state index contributed by atoms with van der Waals surface area (Å²) in [5.41, 5.74) is 2.97. The fraction of sp³-hybridized carbons (Fsp3) is 0.400. The van der Waals surface area contributed by atoms with E-state index in [2.05, 4.69) is 24.3 Å². The summed E-state index contributed by atoms with van der Waals surface area (Å²) in [6.07, 6.45) is 2.77. The number of benzene rings is 1. The molecule has 3 nitrogen and oxygen atoms in total. The van der Waals surface area contributed by atoms with Crippen molar-refractivity contribution in [2.75, 3.05) is 7.05 Å². The van der Waals surface area contributed by atoms with Crippen LogP contribution in [-0.2, 0) is 6.54 Å². The van der Waals surface area contributed by atoms with E-state index < -0.39 is 0 Å². The lowest BCUT2D eigenvalue weighted by Crippen LogP contribution is -2.14. The zero-order chi connectivity index (χ0) is 13.8. The molecule has 0 saturated carbocycles. The molecule has 2 rings (SSSR count). The summed E-state index contributed by atoms with van der Waals surface area (Å²) in [5.74, 6) is -0.216. The molecule has 1 aromatic heterocycles. The first-order chi connectivity index (χ1) is 9.17. The van der Waals surface area contributed by atoms with Crippen LogP contribution in [0.4, 0.5) is 4.39 Å². The van der Waals surface area contributed by atoms with Gasteiger partial charge in [0.1, 0.15) is 5.82 Å². The van der Waals surface area contributed by atoms with Crippen molar-refractivity contribution >= 4 is 0 Å². The van der Waals surface area contributed by atoms with E-state index in [1.54, 1.807) is 12.3 Å². The first kappa shape index (κ1) is 13.7. The summed E-state index contributed by atoms with van der Waals surface area (Å²) in [7, 11) is 1.90. The molecule has 0 fully saturated rings. The van der Waals surface area contributed by atoms with Crippen molar-refractivity contribution in [3.05, 3.63) is 41.8 Å². The van der Waals surface area contributed by atoms with E-state index in [-0.39, 0.29) is 11.9 Å². The predicted octanol–water partition coefficient (Wildman–Crippen LogP) is 3.38. The van der Waals surface area contributed by atoms with E-state index in [0.717, 1.165) is 29.8 Å². The van der Waals surface area contributed by atoms with Gasteiger partial charge in [-0.2, -0.15) is 5.10 Å². The molecule has 1 N–H and O–H groups in total. The minimum absolute atomic E-state index is 0.167. The predicted molar refractivity (Wildman–Crippen MR) is 75.4 cm³/mol. The molecule has 1 unspecified atom stereocenters. The Kier molecular flexibility index (Phi) is 4.32. The number of aryl methyl sites for hydroxylation is 1. The van der Waals surface area contributed by atoms with E-state index in [1.165, 1.54) is 6.07 Å². The SMILES string of the molecule is CCCn1nccc1-c1cc(F)ccc1C(C)NC. The highest BCUT2D eigenvalue weighted by atomic mass is 19.1. The molecule has 102 valence electrons.